The van der Waals surface area contributed by atoms with E-state index in [9.17, 15) is 24.3 Å². The molecule has 0 aromatic heterocycles. The van der Waals surface area contributed by atoms with Crippen LogP contribution < -0.4 is 22.1 Å². The highest BCUT2D eigenvalue weighted by Crippen LogP contribution is 2.03. The number of primary amides is 1. The van der Waals surface area contributed by atoms with Gasteiger partial charge in [0.15, 0.2) is 0 Å². The van der Waals surface area contributed by atoms with Crippen LogP contribution in [0.15, 0.2) is 0 Å². The number of carboxylic acids is 1. The van der Waals surface area contributed by atoms with E-state index < -0.39 is 54.8 Å². The van der Waals surface area contributed by atoms with E-state index in [1.165, 1.54) is 0 Å². The maximum absolute atomic E-state index is 11.9. The maximum atomic E-state index is 11.9. The quantitative estimate of drug-likeness (QED) is 0.251. The summed E-state index contributed by atoms with van der Waals surface area (Å²) >= 11 is 0. The molecule has 0 rings (SSSR count). The first-order chi connectivity index (χ1) is 10.6. The summed E-state index contributed by atoms with van der Waals surface area (Å²) in [7, 11) is 0. The molecule has 0 heterocycles. The predicted molar refractivity (Wildman–Crippen MR) is 79.8 cm³/mol. The first kappa shape index (κ1) is 20.8. The van der Waals surface area contributed by atoms with Gasteiger partial charge in [-0.05, 0) is 12.3 Å². The Labute approximate surface area is 133 Å². The second kappa shape index (κ2) is 9.74. The summed E-state index contributed by atoms with van der Waals surface area (Å²) in [6, 6.07) is -3.79. The lowest BCUT2D eigenvalue weighted by Gasteiger charge is -2.21. The molecule has 0 aromatic carbocycles. The average Bonchev–Trinajstić information content (AvgIpc) is 2.41. The van der Waals surface area contributed by atoms with Gasteiger partial charge < -0.3 is 32.3 Å². The van der Waals surface area contributed by atoms with Crippen LogP contribution in [-0.4, -0.2) is 58.6 Å². The molecule has 132 valence electrons. The summed E-state index contributed by atoms with van der Waals surface area (Å²) < 4.78 is 0. The Morgan fingerprint density at radius 2 is 1.57 bits per heavy atom. The molecule has 0 aromatic rings. The summed E-state index contributed by atoms with van der Waals surface area (Å²) in [5.41, 5.74) is 10.5. The molecular weight excluding hydrogens is 308 g/mol. The van der Waals surface area contributed by atoms with E-state index in [1.807, 2.05) is 19.2 Å². The molecule has 0 aliphatic heterocycles. The molecule has 0 saturated carbocycles. The third-order valence-electron chi connectivity index (χ3n) is 2.90. The Kier molecular flexibility index (Phi) is 8.81. The highest BCUT2D eigenvalue weighted by atomic mass is 16.4. The Balaban J connectivity index is 4.75. The van der Waals surface area contributed by atoms with Crippen LogP contribution >= 0.6 is 0 Å². The van der Waals surface area contributed by atoms with Crippen LogP contribution in [0.25, 0.3) is 0 Å². The van der Waals surface area contributed by atoms with Crippen LogP contribution in [0.4, 0.5) is 0 Å². The van der Waals surface area contributed by atoms with Gasteiger partial charge in [-0.3, -0.25) is 14.4 Å². The van der Waals surface area contributed by atoms with Crippen LogP contribution in [0.5, 0.6) is 0 Å². The number of aliphatic hydroxyl groups is 1. The fourth-order valence-corrected chi connectivity index (χ4v) is 1.76. The number of aliphatic carboxylic acids is 1. The highest BCUT2D eigenvalue weighted by molar-refractivity contribution is 5.93. The molecule has 0 unspecified atom stereocenters. The molecule has 0 fully saturated rings. The Bertz CT molecular complexity index is 454. The van der Waals surface area contributed by atoms with E-state index in [2.05, 4.69) is 5.32 Å². The smallest absolute Gasteiger partial charge is 0.326 e. The molecule has 0 saturated heterocycles. The van der Waals surface area contributed by atoms with Crippen LogP contribution in [0.2, 0.25) is 0 Å². The molecular formula is C13H24N4O6. The molecule has 3 atom stereocenters. The summed E-state index contributed by atoms with van der Waals surface area (Å²) in [6.45, 7) is 2.98. The van der Waals surface area contributed by atoms with Crippen molar-refractivity contribution in [1.82, 2.24) is 10.6 Å². The molecule has 10 nitrogen and oxygen atoms in total. The van der Waals surface area contributed by atoms with E-state index in [4.69, 9.17) is 16.6 Å². The third kappa shape index (κ3) is 8.12. The number of hydrogen-bond donors (Lipinski definition) is 6. The third-order valence-corrected chi connectivity index (χ3v) is 2.90. The topological polar surface area (TPSA) is 185 Å². The number of amides is 3. The van der Waals surface area contributed by atoms with E-state index in [1.54, 1.807) is 0 Å². The highest BCUT2D eigenvalue weighted by Gasteiger charge is 2.28. The Hall–Kier alpha value is -2.20. The fourth-order valence-electron chi connectivity index (χ4n) is 1.76. The number of carbonyl (C=O) groups is 4. The van der Waals surface area contributed by atoms with Crippen LogP contribution in [0.1, 0.15) is 26.7 Å². The van der Waals surface area contributed by atoms with Crippen molar-refractivity contribution in [3.8, 4) is 0 Å². The number of carbonyl (C=O) groups excluding carboxylic acids is 3. The van der Waals surface area contributed by atoms with Crippen molar-refractivity contribution in [2.45, 2.75) is 44.8 Å². The summed E-state index contributed by atoms with van der Waals surface area (Å²) in [5, 5.41) is 22.4. The Morgan fingerprint density at radius 1 is 1.04 bits per heavy atom. The average molecular weight is 332 g/mol. The fraction of sp³-hybridized carbons (Fsp3) is 0.692. The lowest BCUT2D eigenvalue weighted by atomic mass is 10.0. The van der Waals surface area contributed by atoms with E-state index in [-0.39, 0.29) is 5.92 Å². The summed E-state index contributed by atoms with van der Waals surface area (Å²) in [6.07, 6.45) is -0.231. The number of aliphatic hydroxyl groups excluding tert-OH is 1. The van der Waals surface area contributed by atoms with Crippen molar-refractivity contribution in [2.75, 3.05) is 6.61 Å². The molecule has 0 aliphatic rings. The normalized spacial score (nSPS) is 14.7. The predicted octanol–water partition coefficient (Wildman–Crippen LogP) is -2.72. The minimum Gasteiger partial charge on any atom is -0.480 e. The van der Waals surface area contributed by atoms with Crippen molar-refractivity contribution in [3.05, 3.63) is 0 Å². The lowest BCUT2D eigenvalue weighted by Crippen LogP contribution is -2.56. The van der Waals surface area contributed by atoms with Crippen molar-refractivity contribution < 1.29 is 29.4 Å². The molecule has 3 amide bonds. The van der Waals surface area contributed by atoms with E-state index in [0.717, 1.165) is 0 Å². The molecule has 0 radical (unpaired) electrons. The summed E-state index contributed by atoms with van der Waals surface area (Å²) in [4.78, 5) is 45.5. The number of nitrogens with one attached hydrogen (secondary N) is 2. The van der Waals surface area contributed by atoms with E-state index in [0.29, 0.717) is 6.42 Å². The van der Waals surface area contributed by atoms with Gasteiger partial charge in [-0.1, -0.05) is 13.8 Å². The van der Waals surface area contributed by atoms with Gasteiger partial charge in [-0.25, -0.2) is 4.79 Å². The Morgan fingerprint density at radius 3 is 1.96 bits per heavy atom. The van der Waals surface area contributed by atoms with Gasteiger partial charge in [-0.15, -0.1) is 0 Å². The minimum absolute atomic E-state index is 0.157. The molecule has 23 heavy (non-hydrogen) atoms. The number of hydrogen-bond acceptors (Lipinski definition) is 6. The number of carboxylic acid groups (broad SMARTS) is 1. The lowest BCUT2D eigenvalue weighted by molar-refractivity contribution is -0.144. The zero-order chi connectivity index (χ0) is 18.2. The van der Waals surface area contributed by atoms with Gasteiger partial charge in [0.05, 0.1) is 19.1 Å². The zero-order valence-electron chi connectivity index (χ0n) is 13.1. The number of rotatable bonds is 10. The summed E-state index contributed by atoms with van der Waals surface area (Å²) in [5.74, 6) is -3.82. The van der Waals surface area contributed by atoms with Crippen molar-refractivity contribution in [3.63, 3.8) is 0 Å². The van der Waals surface area contributed by atoms with Gasteiger partial charge >= 0.3 is 5.97 Å². The maximum Gasteiger partial charge on any atom is 0.326 e. The standard InChI is InChI=1S/C13H24N4O6/c1-6(2)3-7(14)11(20)17-9(5-18)12(21)16-8(13(22)23)4-10(15)19/h6-9,18H,3-5,14H2,1-2H3,(H2,15,19)(H,16,21)(H,17,20)(H,22,23)/t7-,8-,9-/m0/s1. The first-order valence-electron chi connectivity index (χ1n) is 7.06. The number of nitrogens with two attached hydrogens (primary N) is 2. The molecule has 0 spiro atoms. The van der Waals surface area contributed by atoms with Gasteiger partial charge in [0, 0.05) is 0 Å². The largest absolute Gasteiger partial charge is 0.480 e. The van der Waals surface area contributed by atoms with Crippen LogP contribution in [0.3, 0.4) is 0 Å². The molecule has 8 N–H and O–H groups in total. The SMILES string of the molecule is CC(C)C[C@H](N)C(=O)N[C@@H](CO)C(=O)N[C@@H](CC(N)=O)C(=O)O. The van der Waals surface area contributed by atoms with E-state index >= 15 is 0 Å². The van der Waals surface area contributed by atoms with Gasteiger partial charge in [0.2, 0.25) is 17.7 Å². The second-order valence-electron chi connectivity index (χ2n) is 5.55. The monoisotopic (exact) mass is 332 g/mol. The molecule has 10 heteroatoms. The van der Waals surface area contributed by atoms with Crippen molar-refractivity contribution in [2.24, 2.45) is 17.4 Å². The minimum atomic E-state index is -1.55. The molecule has 0 aliphatic carbocycles. The van der Waals surface area contributed by atoms with Crippen LogP contribution in [0, 0.1) is 5.92 Å². The van der Waals surface area contributed by atoms with Crippen molar-refractivity contribution >= 4 is 23.7 Å². The first-order valence-corrected chi connectivity index (χ1v) is 7.06. The van der Waals surface area contributed by atoms with Gasteiger partial charge in [0.1, 0.15) is 12.1 Å². The molecule has 0 bridgehead atoms. The van der Waals surface area contributed by atoms with Crippen molar-refractivity contribution in [1.29, 1.82) is 0 Å². The zero-order valence-corrected chi connectivity index (χ0v) is 13.1. The van der Waals surface area contributed by atoms with Gasteiger partial charge in [0.25, 0.3) is 0 Å². The van der Waals surface area contributed by atoms with Gasteiger partial charge in [-0.2, -0.15) is 0 Å². The second-order valence-corrected chi connectivity index (χ2v) is 5.55. The van der Waals surface area contributed by atoms with Crippen LogP contribution in [-0.2, 0) is 19.2 Å².